The Morgan fingerprint density at radius 1 is 0.889 bits per heavy atom. The third-order valence-electron chi connectivity index (χ3n) is 6.07. The van der Waals surface area contributed by atoms with Crippen molar-refractivity contribution < 1.29 is 28.6 Å². The SMILES string of the molecule is COc1ccnc(C(=O)C[C@@H](C)C(=O)O[C@@H](C)[C@H](CCC(C)C)c2ccccc2)c1OC(=O)C(C)C. The number of Topliss-reactive ketones (excluding diaryl/α,β-unsaturated/α-hetero) is 1. The molecule has 0 aliphatic rings. The summed E-state index contributed by atoms with van der Waals surface area (Å²) in [6.07, 6.45) is 2.81. The van der Waals surface area contributed by atoms with Gasteiger partial charge in [-0.2, -0.15) is 0 Å². The molecule has 3 atom stereocenters. The van der Waals surface area contributed by atoms with Crippen LogP contribution < -0.4 is 9.47 Å². The molecule has 7 heteroatoms. The summed E-state index contributed by atoms with van der Waals surface area (Å²) in [5.74, 6) is -1.72. The maximum Gasteiger partial charge on any atom is 0.313 e. The van der Waals surface area contributed by atoms with E-state index in [9.17, 15) is 14.4 Å². The van der Waals surface area contributed by atoms with Gasteiger partial charge in [0, 0.05) is 24.6 Å². The van der Waals surface area contributed by atoms with Crippen molar-refractivity contribution in [2.24, 2.45) is 17.8 Å². The van der Waals surface area contributed by atoms with Gasteiger partial charge in [0.2, 0.25) is 5.75 Å². The van der Waals surface area contributed by atoms with Crippen LogP contribution >= 0.6 is 0 Å². The highest BCUT2D eigenvalue weighted by Crippen LogP contribution is 2.32. The van der Waals surface area contributed by atoms with Crippen LogP contribution in [0.3, 0.4) is 0 Å². The highest BCUT2D eigenvalue weighted by Gasteiger charge is 2.29. The van der Waals surface area contributed by atoms with Crippen LogP contribution in [-0.4, -0.2) is 35.9 Å². The molecule has 0 saturated carbocycles. The van der Waals surface area contributed by atoms with E-state index in [4.69, 9.17) is 14.2 Å². The number of benzene rings is 1. The first-order valence-corrected chi connectivity index (χ1v) is 12.6. The topological polar surface area (TPSA) is 91.8 Å². The molecular weight excluding hydrogens is 458 g/mol. The first-order valence-electron chi connectivity index (χ1n) is 12.6. The second kappa shape index (κ2) is 13.8. The van der Waals surface area contributed by atoms with Crippen LogP contribution in [0.4, 0.5) is 0 Å². The molecule has 0 amide bonds. The number of hydrogen-bond donors (Lipinski definition) is 0. The fraction of sp³-hybridized carbons (Fsp3) is 0.517. The van der Waals surface area contributed by atoms with Crippen LogP contribution in [-0.2, 0) is 14.3 Å². The van der Waals surface area contributed by atoms with Gasteiger partial charge in [0.15, 0.2) is 17.2 Å². The first-order chi connectivity index (χ1) is 17.0. The number of ether oxygens (including phenoxy) is 3. The van der Waals surface area contributed by atoms with Crippen molar-refractivity contribution in [1.82, 2.24) is 4.98 Å². The van der Waals surface area contributed by atoms with Crippen molar-refractivity contribution in [2.75, 3.05) is 7.11 Å². The summed E-state index contributed by atoms with van der Waals surface area (Å²) in [6.45, 7) is 11.3. The van der Waals surface area contributed by atoms with Gasteiger partial charge in [0.05, 0.1) is 18.9 Å². The van der Waals surface area contributed by atoms with Gasteiger partial charge in [-0.3, -0.25) is 14.4 Å². The fourth-order valence-corrected chi connectivity index (χ4v) is 3.83. The highest BCUT2D eigenvalue weighted by molar-refractivity contribution is 6.00. The quantitative estimate of drug-likeness (QED) is 0.247. The monoisotopic (exact) mass is 497 g/mol. The first kappa shape index (κ1) is 29.0. The molecular formula is C29H39NO6. The average molecular weight is 498 g/mol. The smallest absolute Gasteiger partial charge is 0.313 e. The molecule has 0 aliphatic carbocycles. The number of esters is 2. The van der Waals surface area contributed by atoms with Crippen LogP contribution in [0.2, 0.25) is 0 Å². The Morgan fingerprint density at radius 3 is 2.14 bits per heavy atom. The Balaban J connectivity index is 2.14. The van der Waals surface area contributed by atoms with E-state index >= 15 is 0 Å². The predicted molar refractivity (Wildman–Crippen MR) is 138 cm³/mol. The molecule has 1 aromatic heterocycles. The Kier molecular flexibility index (Phi) is 11.1. The summed E-state index contributed by atoms with van der Waals surface area (Å²) in [5, 5.41) is 0. The van der Waals surface area contributed by atoms with Crippen molar-refractivity contribution in [1.29, 1.82) is 0 Å². The van der Waals surface area contributed by atoms with Gasteiger partial charge in [-0.1, -0.05) is 71.4 Å². The number of rotatable bonds is 13. The lowest BCUT2D eigenvalue weighted by atomic mass is 9.87. The molecule has 0 N–H and O–H groups in total. The van der Waals surface area contributed by atoms with Crippen LogP contribution in [0.25, 0.3) is 0 Å². The summed E-state index contributed by atoms with van der Waals surface area (Å²) in [6, 6.07) is 11.6. The molecule has 0 saturated heterocycles. The van der Waals surface area contributed by atoms with Crippen LogP contribution in [0.1, 0.15) is 82.8 Å². The number of ketones is 1. The Labute approximate surface area is 214 Å². The molecule has 0 aliphatic heterocycles. The number of carbonyl (C=O) groups excluding carboxylic acids is 3. The Hall–Kier alpha value is -3.22. The summed E-state index contributed by atoms with van der Waals surface area (Å²) in [5.41, 5.74) is 1.08. The molecule has 2 aromatic rings. The predicted octanol–water partition coefficient (Wildman–Crippen LogP) is 6.01. The van der Waals surface area contributed by atoms with E-state index in [1.807, 2.05) is 25.1 Å². The van der Waals surface area contributed by atoms with Gasteiger partial charge in [0.1, 0.15) is 6.10 Å². The summed E-state index contributed by atoms with van der Waals surface area (Å²) in [7, 11) is 1.42. The molecule has 1 heterocycles. The lowest BCUT2D eigenvalue weighted by molar-refractivity contribution is -0.153. The molecule has 0 bridgehead atoms. The molecule has 0 radical (unpaired) electrons. The largest absolute Gasteiger partial charge is 0.493 e. The maximum atomic E-state index is 13.1. The van der Waals surface area contributed by atoms with Crippen molar-refractivity contribution in [3.8, 4) is 11.5 Å². The number of aromatic nitrogens is 1. The van der Waals surface area contributed by atoms with Gasteiger partial charge in [0.25, 0.3) is 0 Å². The van der Waals surface area contributed by atoms with E-state index in [1.54, 1.807) is 20.8 Å². The van der Waals surface area contributed by atoms with Crippen molar-refractivity contribution >= 4 is 17.7 Å². The van der Waals surface area contributed by atoms with Gasteiger partial charge in [-0.25, -0.2) is 4.98 Å². The molecule has 0 fully saturated rings. The summed E-state index contributed by atoms with van der Waals surface area (Å²) < 4.78 is 16.5. The van der Waals surface area contributed by atoms with Crippen LogP contribution in [0.15, 0.2) is 42.6 Å². The lowest BCUT2D eigenvalue weighted by Gasteiger charge is -2.26. The minimum atomic E-state index is -0.705. The van der Waals surface area contributed by atoms with E-state index in [2.05, 4.69) is 31.0 Å². The second-order valence-electron chi connectivity index (χ2n) is 9.93. The molecule has 0 unspecified atom stereocenters. The van der Waals surface area contributed by atoms with E-state index in [0.29, 0.717) is 5.92 Å². The molecule has 7 nitrogen and oxygen atoms in total. The van der Waals surface area contributed by atoms with Gasteiger partial charge < -0.3 is 14.2 Å². The zero-order valence-corrected chi connectivity index (χ0v) is 22.4. The molecule has 196 valence electrons. The van der Waals surface area contributed by atoms with Crippen LogP contribution in [0, 0.1) is 17.8 Å². The number of carbonyl (C=O) groups is 3. The fourth-order valence-electron chi connectivity index (χ4n) is 3.83. The Bertz CT molecular complexity index is 1020. The third-order valence-corrected chi connectivity index (χ3v) is 6.07. The van der Waals surface area contributed by atoms with Gasteiger partial charge in [-0.05, 0) is 24.8 Å². The van der Waals surface area contributed by atoms with Crippen molar-refractivity contribution in [3.05, 3.63) is 53.9 Å². The normalized spacial score (nSPS) is 13.7. The third kappa shape index (κ3) is 8.18. The Morgan fingerprint density at radius 2 is 1.56 bits per heavy atom. The van der Waals surface area contributed by atoms with Crippen molar-refractivity contribution in [2.45, 2.75) is 72.8 Å². The van der Waals surface area contributed by atoms with E-state index in [0.717, 1.165) is 18.4 Å². The summed E-state index contributed by atoms with van der Waals surface area (Å²) >= 11 is 0. The van der Waals surface area contributed by atoms with Crippen LogP contribution in [0.5, 0.6) is 11.5 Å². The van der Waals surface area contributed by atoms with E-state index < -0.39 is 29.6 Å². The number of nitrogens with zero attached hydrogens (tertiary/aromatic N) is 1. The standard InChI is InChI=1S/C29H39NO6/c1-18(2)13-14-23(22-11-9-8-10-12-22)21(6)35-29(33)20(5)17-24(31)26-27(36-28(32)19(3)4)25(34-7)15-16-30-26/h8-12,15-16,18-21,23H,13-14,17H2,1-7H3/t20-,21+,23+/m1/s1. The average Bonchev–Trinajstić information content (AvgIpc) is 2.84. The maximum absolute atomic E-state index is 13.1. The molecule has 36 heavy (non-hydrogen) atoms. The minimum absolute atomic E-state index is 0.0320. The lowest BCUT2D eigenvalue weighted by Crippen LogP contribution is -2.27. The zero-order valence-electron chi connectivity index (χ0n) is 22.4. The molecule has 2 rings (SSSR count). The number of pyridine rings is 1. The molecule has 0 spiro atoms. The van der Waals surface area contributed by atoms with Gasteiger partial charge in [-0.15, -0.1) is 0 Å². The van der Waals surface area contributed by atoms with Crippen molar-refractivity contribution in [3.63, 3.8) is 0 Å². The number of hydrogen-bond acceptors (Lipinski definition) is 7. The highest BCUT2D eigenvalue weighted by atomic mass is 16.6. The van der Waals surface area contributed by atoms with Gasteiger partial charge >= 0.3 is 11.9 Å². The number of methoxy groups -OCH3 is 1. The zero-order chi connectivity index (χ0) is 26.8. The van der Waals surface area contributed by atoms with E-state index in [-0.39, 0.29) is 35.6 Å². The molecule has 1 aromatic carbocycles. The minimum Gasteiger partial charge on any atom is -0.493 e. The van der Waals surface area contributed by atoms with E-state index in [1.165, 1.54) is 19.4 Å². The second-order valence-corrected chi connectivity index (χ2v) is 9.93. The summed E-state index contributed by atoms with van der Waals surface area (Å²) in [4.78, 5) is 42.4.